The predicted molar refractivity (Wildman–Crippen MR) is 72.8 cm³/mol. The molecule has 1 aromatic heterocycles. The lowest BCUT2D eigenvalue weighted by atomic mass is 10.0. The standard InChI is InChI=1S/C10H18N4.2ClH/c1-8-5-3-4-6-14(8)10-9(11)7-13(2)12-10;;/h7-8H,3-6,11H2,1-2H3;2*1H. The Balaban J connectivity index is 0.00000112. The fraction of sp³-hybridized carbons (Fsp3) is 0.700. The van der Waals surface area contributed by atoms with Gasteiger partial charge in [-0.1, -0.05) is 0 Å². The summed E-state index contributed by atoms with van der Waals surface area (Å²) < 4.78 is 1.78. The zero-order valence-electron chi connectivity index (χ0n) is 9.72. The van der Waals surface area contributed by atoms with E-state index >= 15 is 0 Å². The van der Waals surface area contributed by atoms with Crippen LogP contribution in [0.25, 0.3) is 0 Å². The largest absolute Gasteiger partial charge is 0.394 e. The Morgan fingerprint density at radius 1 is 1.38 bits per heavy atom. The zero-order chi connectivity index (χ0) is 10.1. The summed E-state index contributed by atoms with van der Waals surface area (Å²) >= 11 is 0. The van der Waals surface area contributed by atoms with E-state index < -0.39 is 0 Å². The van der Waals surface area contributed by atoms with Gasteiger partial charge in [-0.25, -0.2) is 0 Å². The van der Waals surface area contributed by atoms with Gasteiger partial charge in [0, 0.05) is 25.8 Å². The molecule has 0 saturated carbocycles. The number of anilines is 2. The SMILES string of the molecule is CC1CCCCN1c1nn(C)cc1N.Cl.Cl. The molecule has 0 amide bonds. The van der Waals surface area contributed by atoms with Crippen LogP contribution in [0.1, 0.15) is 26.2 Å². The first-order chi connectivity index (χ1) is 6.68. The number of aryl methyl sites for hydroxylation is 1. The molecule has 1 fully saturated rings. The highest BCUT2D eigenvalue weighted by Gasteiger charge is 2.22. The summed E-state index contributed by atoms with van der Waals surface area (Å²) in [5.41, 5.74) is 6.70. The molecular formula is C10H20Cl2N4. The molecule has 1 atom stereocenters. The van der Waals surface area contributed by atoms with Crippen molar-refractivity contribution in [3.8, 4) is 0 Å². The van der Waals surface area contributed by atoms with Crippen molar-refractivity contribution in [1.82, 2.24) is 9.78 Å². The van der Waals surface area contributed by atoms with Crippen LogP contribution in [-0.2, 0) is 7.05 Å². The molecule has 0 spiro atoms. The number of nitrogen functional groups attached to an aromatic ring is 1. The van der Waals surface area contributed by atoms with Gasteiger partial charge in [-0.15, -0.1) is 24.8 Å². The van der Waals surface area contributed by atoms with Crippen molar-refractivity contribution in [2.75, 3.05) is 17.2 Å². The number of piperidine rings is 1. The van der Waals surface area contributed by atoms with Gasteiger partial charge in [0.25, 0.3) is 0 Å². The molecule has 16 heavy (non-hydrogen) atoms. The maximum absolute atomic E-state index is 5.91. The number of nitrogens with zero attached hydrogens (tertiary/aromatic N) is 3. The summed E-state index contributed by atoms with van der Waals surface area (Å²) in [6.45, 7) is 3.33. The maximum Gasteiger partial charge on any atom is 0.174 e. The molecule has 2 N–H and O–H groups in total. The van der Waals surface area contributed by atoms with Crippen molar-refractivity contribution in [3.63, 3.8) is 0 Å². The summed E-state index contributed by atoms with van der Waals surface area (Å²) in [6.07, 6.45) is 5.69. The van der Waals surface area contributed by atoms with Gasteiger partial charge < -0.3 is 10.6 Å². The summed E-state index contributed by atoms with van der Waals surface area (Å²) in [5.74, 6) is 0.958. The van der Waals surface area contributed by atoms with Gasteiger partial charge in [-0.2, -0.15) is 5.10 Å². The van der Waals surface area contributed by atoms with Crippen LogP contribution in [0.3, 0.4) is 0 Å². The Kier molecular flexibility index (Phi) is 5.97. The molecular weight excluding hydrogens is 247 g/mol. The normalized spacial score (nSPS) is 19.9. The van der Waals surface area contributed by atoms with Crippen LogP contribution in [0, 0.1) is 0 Å². The second-order valence-electron chi connectivity index (χ2n) is 4.12. The molecule has 4 nitrogen and oxygen atoms in total. The van der Waals surface area contributed by atoms with Gasteiger partial charge in [0.2, 0.25) is 0 Å². The van der Waals surface area contributed by atoms with E-state index in [9.17, 15) is 0 Å². The monoisotopic (exact) mass is 266 g/mol. The lowest BCUT2D eigenvalue weighted by molar-refractivity contribution is 0.479. The first-order valence-corrected chi connectivity index (χ1v) is 5.24. The fourth-order valence-corrected chi connectivity index (χ4v) is 2.13. The lowest BCUT2D eigenvalue weighted by Crippen LogP contribution is -2.38. The van der Waals surface area contributed by atoms with Crippen LogP contribution in [0.15, 0.2) is 6.20 Å². The Morgan fingerprint density at radius 2 is 2.06 bits per heavy atom. The molecule has 1 saturated heterocycles. The molecule has 1 aliphatic rings. The number of halogens is 2. The van der Waals surface area contributed by atoms with E-state index in [2.05, 4.69) is 16.9 Å². The fourth-order valence-electron chi connectivity index (χ4n) is 2.13. The van der Waals surface area contributed by atoms with E-state index in [1.165, 1.54) is 19.3 Å². The van der Waals surface area contributed by atoms with Crippen molar-refractivity contribution in [3.05, 3.63) is 6.20 Å². The first kappa shape index (κ1) is 15.4. The average Bonchev–Trinajstić information content (AvgIpc) is 2.46. The number of hydrogen-bond acceptors (Lipinski definition) is 3. The van der Waals surface area contributed by atoms with Crippen molar-refractivity contribution >= 4 is 36.3 Å². The van der Waals surface area contributed by atoms with E-state index in [0.29, 0.717) is 6.04 Å². The Morgan fingerprint density at radius 3 is 2.56 bits per heavy atom. The van der Waals surface area contributed by atoms with Crippen molar-refractivity contribution in [2.24, 2.45) is 7.05 Å². The maximum atomic E-state index is 5.91. The van der Waals surface area contributed by atoms with Gasteiger partial charge >= 0.3 is 0 Å². The third-order valence-corrected chi connectivity index (χ3v) is 2.91. The first-order valence-electron chi connectivity index (χ1n) is 5.24. The highest BCUT2D eigenvalue weighted by Crippen LogP contribution is 2.27. The molecule has 1 aromatic rings. The van der Waals surface area contributed by atoms with Gasteiger partial charge in [-0.05, 0) is 26.2 Å². The summed E-state index contributed by atoms with van der Waals surface area (Å²) in [4.78, 5) is 2.32. The second kappa shape index (κ2) is 6.21. The Hall–Kier alpha value is -0.610. The van der Waals surface area contributed by atoms with Crippen LogP contribution >= 0.6 is 24.8 Å². The number of hydrogen-bond donors (Lipinski definition) is 1. The minimum absolute atomic E-state index is 0. The lowest BCUT2D eigenvalue weighted by Gasteiger charge is -2.33. The van der Waals surface area contributed by atoms with E-state index in [1.54, 1.807) is 4.68 Å². The summed E-state index contributed by atoms with van der Waals surface area (Å²) in [7, 11) is 1.91. The molecule has 2 heterocycles. The minimum atomic E-state index is 0. The Bertz CT molecular complexity index is 327. The van der Waals surface area contributed by atoms with Gasteiger partial charge in [0.15, 0.2) is 5.82 Å². The van der Waals surface area contributed by atoms with Crippen molar-refractivity contribution in [2.45, 2.75) is 32.2 Å². The molecule has 0 bridgehead atoms. The highest BCUT2D eigenvalue weighted by molar-refractivity contribution is 5.85. The second-order valence-corrected chi connectivity index (χ2v) is 4.12. The molecule has 94 valence electrons. The molecule has 1 aliphatic heterocycles. The Labute approximate surface area is 109 Å². The van der Waals surface area contributed by atoms with Crippen molar-refractivity contribution in [1.29, 1.82) is 0 Å². The van der Waals surface area contributed by atoms with Gasteiger partial charge in [0.05, 0.1) is 5.69 Å². The highest BCUT2D eigenvalue weighted by atomic mass is 35.5. The topological polar surface area (TPSA) is 47.1 Å². The molecule has 6 heteroatoms. The number of nitrogens with two attached hydrogens (primary N) is 1. The predicted octanol–water partition coefficient (Wildman–Crippen LogP) is 2.22. The molecule has 2 rings (SSSR count). The molecule has 1 unspecified atom stereocenters. The van der Waals surface area contributed by atoms with Gasteiger partial charge in [-0.3, -0.25) is 4.68 Å². The number of rotatable bonds is 1. The zero-order valence-corrected chi connectivity index (χ0v) is 11.4. The van der Waals surface area contributed by atoms with E-state index in [-0.39, 0.29) is 24.8 Å². The summed E-state index contributed by atoms with van der Waals surface area (Å²) in [5, 5.41) is 4.40. The van der Waals surface area contributed by atoms with Gasteiger partial charge in [0.1, 0.15) is 0 Å². The third kappa shape index (κ3) is 2.95. The quantitative estimate of drug-likeness (QED) is 0.848. The van der Waals surface area contributed by atoms with Crippen LogP contribution in [0.5, 0.6) is 0 Å². The molecule has 0 aromatic carbocycles. The molecule has 0 aliphatic carbocycles. The minimum Gasteiger partial charge on any atom is -0.394 e. The molecule has 0 radical (unpaired) electrons. The van der Waals surface area contributed by atoms with Crippen LogP contribution in [0.4, 0.5) is 11.5 Å². The average molecular weight is 267 g/mol. The van der Waals surface area contributed by atoms with E-state index in [1.807, 2.05) is 13.2 Å². The van der Waals surface area contributed by atoms with Crippen molar-refractivity contribution < 1.29 is 0 Å². The van der Waals surface area contributed by atoms with Crippen LogP contribution in [0.2, 0.25) is 0 Å². The smallest absolute Gasteiger partial charge is 0.174 e. The third-order valence-electron chi connectivity index (χ3n) is 2.91. The van der Waals surface area contributed by atoms with E-state index in [4.69, 9.17) is 5.73 Å². The summed E-state index contributed by atoms with van der Waals surface area (Å²) in [6, 6.07) is 0.570. The van der Waals surface area contributed by atoms with Crippen LogP contribution in [-0.4, -0.2) is 22.4 Å². The van der Waals surface area contributed by atoms with E-state index in [0.717, 1.165) is 18.1 Å². The number of aromatic nitrogens is 2. The van der Waals surface area contributed by atoms with Crippen LogP contribution < -0.4 is 10.6 Å².